The van der Waals surface area contributed by atoms with Gasteiger partial charge in [0, 0.05) is 6.42 Å². The molecule has 0 amide bonds. The van der Waals surface area contributed by atoms with E-state index in [2.05, 4.69) is 0 Å². The van der Waals surface area contributed by atoms with Gasteiger partial charge >= 0.3 is 0 Å². The smallest absolute Gasteiger partial charge is 0.0930 e. The molecule has 1 radical (unpaired) electrons. The normalized spacial score (nSPS) is 14.6. The molecule has 1 atom stereocenters. The highest BCUT2D eigenvalue weighted by Gasteiger charge is 2.22. The van der Waals surface area contributed by atoms with Gasteiger partial charge in [0.1, 0.15) is 0 Å². The molecule has 0 bridgehead atoms. The van der Waals surface area contributed by atoms with Crippen LogP contribution in [0.25, 0.3) is 0 Å². The minimum atomic E-state index is -1.12. The molecule has 1 unspecified atom stereocenters. The monoisotopic (exact) mass is 127 g/mol. The molecular formula is C7H11O2. The average molecular weight is 127 g/mol. The van der Waals surface area contributed by atoms with E-state index in [-0.39, 0.29) is 6.42 Å². The fraction of sp³-hybridized carbons (Fsp3) is 0.714. The SMILES string of the molecule is [C]#CCC(O)C(C)(C)O. The van der Waals surface area contributed by atoms with Crippen LogP contribution in [0.3, 0.4) is 0 Å². The van der Waals surface area contributed by atoms with Gasteiger partial charge in [-0.2, -0.15) is 0 Å². The number of hydrogen-bond donors (Lipinski definition) is 2. The van der Waals surface area contributed by atoms with Crippen LogP contribution in [0.1, 0.15) is 20.3 Å². The van der Waals surface area contributed by atoms with Gasteiger partial charge in [0.05, 0.1) is 11.7 Å². The number of rotatable bonds is 2. The second-order valence-corrected chi connectivity index (χ2v) is 2.55. The van der Waals surface area contributed by atoms with E-state index < -0.39 is 11.7 Å². The third-order valence-electron chi connectivity index (χ3n) is 1.11. The van der Waals surface area contributed by atoms with Crippen LogP contribution in [0.2, 0.25) is 0 Å². The van der Waals surface area contributed by atoms with Crippen LogP contribution in [-0.4, -0.2) is 21.9 Å². The zero-order valence-electron chi connectivity index (χ0n) is 5.68. The Morgan fingerprint density at radius 3 is 2.22 bits per heavy atom. The Hall–Kier alpha value is -0.520. The van der Waals surface area contributed by atoms with Crippen molar-refractivity contribution in [2.45, 2.75) is 32.0 Å². The maximum atomic E-state index is 9.04. The summed E-state index contributed by atoms with van der Waals surface area (Å²) in [6.07, 6.45) is 5.70. The molecule has 0 saturated heterocycles. The lowest BCUT2D eigenvalue weighted by molar-refractivity contribution is -0.0446. The van der Waals surface area contributed by atoms with Gasteiger partial charge in [-0.3, -0.25) is 0 Å². The van der Waals surface area contributed by atoms with E-state index in [1.54, 1.807) is 0 Å². The van der Waals surface area contributed by atoms with Crippen molar-refractivity contribution in [2.24, 2.45) is 0 Å². The van der Waals surface area contributed by atoms with Crippen molar-refractivity contribution in [1.82, 2.24) is 0 Å². The summed E-state index contributed by atoms with van der Waals surface area (Å²) < 4.78 is 0. The van der Waals surface area contributed by atoms with Crippen LogP contribution in [0.4, 0.5) is 0 Å². The van der Waals surface area contributed by atoms with Crippen molar-refractivity contribution in [1.29, 1.82) is 0 Å². The topological polar surface area (TPSA) is 40.5 Å². The molecule has 2 heteroatoms. The summed E-state index contributed by atoms with van der Waals surface area (Å²) in [6, 6.07) is 0. The molecule has 0 rings (SSSR count). The lowest BCUT2D eigenvalue weighted by Gasteiger charge is -2.22. The first-order valence-corrected chi connectivity index (χ1v) is 2.78. The van der Waals surface area contributed by atoms with Crippen molar-refractivity contribution >= 4 is 0 Å². The fourth-order valence-corrected chi connectivity index (χ4v) is 0.346. The van der Waals surface area contributed by atoms with E-state index in [1.165, 1.54) is 13.8 Å². The molecule has 2 N–H and O–H groups in total. The van der Waals surface area contributed by atoms with Crippen LogP contribution in [-0.2, 0) is 0 Å². The minimum Gasteiger partial charge on any atom is -0.389 e. The summed E-state index contributed by atoms with van der Waals surface area (Å²) >= 11 is 0. The summed E-state index contributed by atoms with van der Waals surface area (Å²) in [6.45, 7) is 2.99. The second-order valence-electron chi connectivity index (χ2n) is 2.55. The van der Waals surface area contributed by atoms with Gasteiger partial charge in [-0.05, 0) is 20.3 Å². The van der Waals surface area contributed by atoms with E-state index in [4.69, 9.17) is 16.6 Å². The third-order valence-corrected chi connectivity index (χ3v) is 1.11. The molecule has 0 fully saturated rings. The van der Waals surface area contributed by atoms with Crippen molar-refractivity contribution < 1.29 is 10.2 Å². The van der Waals surface area contributed by atoms with Gasteiger partial charge in [0.15, 0.2) is 0 Å². The van der Waals surface area contributed by atoms with E-state index in [0.717, 1.165) is 0 Å². The first kappa shape index (κ1) is 8.48. The van der Waals surface area contributed by atoms with Gasteiger partial charge in [-0.1, -0.05) is 5.92 Å². The van der Waals surface area contributed by atoms with Crippen molar-refractivity contribution in [3.8, 4) is 5.92 Å². The Morgan fingerprint density at radius 1 is 1.67 bits per heavy atom. The first-order valence-electron chi connectivity index (χ1n) is 2.78. The fourth-order valence-electron chi connectivity index (χ4n) is 0.346. The van der Waals surface area contributed by atoms with Crippen LogP contribution < -0.4 is 0 Å². The second kappa shape index (κ2) is 2.86. The highest BCUT2D eigenvalue weighted by Crippen LogP contribution is 2.10. The highest BCUT2D eigenvalue weighted by atomic mass is 16.3. The van der Waals surface area contributed by atoms with E-state index >= 15 is 0 Å². The minimum absolute atomic E-state index is 0.0868. The Morgan fingerprint density at radius 2 is 2.11 bits per heavy atom. The van der Waals surface area contributed by atoms with Gasteiger partial charge in [-0.25, -0.2) is 0 Å². The Balaban J connectivity index is 3.76. The molecule has 0 aliphatic rings. The zero-order valence-corrected chi connectivity index (χ0v) is 5.68. The molecule has 0 aliphatic carbocycles. The predicted molar refractivity (Wildman–Crippen MR) is 34.1 cm³/mol. The van der Waals surface area contributed by atoms with Crippen molar-refractivity contribution in [3.63, 3.8) is 0 Å². The van der Waals surface area contributed by atoms with Crippen LogP contribution in [0.5, 0.6) is 0 Å². The summed E-state index contributed by atoms with van der Waals surface area (Å²) in [5, 5.41) is 18.0. The predicted octanol–water partition coefficient (Wildman–Crippen LogP) is 0.0981. The maximum Gasteiger partial charge on any atom is 0.0930 e. The Kier molecular flexibility index (Phi) is 2.69. The molecular weight excluding hydrogens is 116 g/mol. The molecule has 0 aromatic rings. The zero-order chi connectivity index (χ0) is 7.49. The van der Waals surface area contributed by atoms with E-state index in [1.807, 2.05) is 5.92 Å². The van der Waals surface area contributed by atoms with Gasteiger partial charge in [0.2, 0.25) is 0 Å². The molecule has 0 saturated carbocycles. The van der Waals surface area contributed by atoms with E-state index in [0.29, 0.717) is 0 Å². The standard InChI is InChI=1S/C7H11O2/c1-4-5-6(8)7(2,3)9/h6,8-9H,5H2,2-3H3. The van der Waals surface area contributed by atoms with Gasteiger partial charge < -0.3 is 10.2 Å². The van der Waals surface area contributed by atoms with Gasteiger partial charge in [-0.15, -0.1) is 0 Å². The number of aliphatic hydroxyl groups is 2. The van der Waals surface area contributed by atoms with Crippen molar-refractivity contribution in [3.05, 3.63) is 6.42 Å². The van der Waals surface area contributed by atoms with E-state index in [9.17, 15) is 0 Å². The lowest BCUT2D eigenvalue weighted by Crippen LogP contribution is -2.35. The average Bonchev–Trinajstić information content (AvgIpc) is 1.64. The molecule has 0 aromatic heterocycles. The summed E-state index contributed by atoms with van der Waals surface area (Å²) in [5.41, 5.74) is -1.12. The molecule has 0 heterocycles. The molecule has 0 aliphatic heterocycles. The third kappa shape index (κ3) is 3.12. The Bertz CT molecular complexity index is 116. The quantitative estimate of drug-likeness (QED) is 0.516. The number of aliphatic hydroxyl groups excluding tert-OH is 1. The highest BCUT2D eigenvalue weighted by molar-refractivity contribution is 4.87. The lowest BCUT2D eigenvalue weighted by atomic mass is 10.00. The molecule has 0 aromatic carbocycles. The van der Waals surface area contributed by atoms with Crippen LogP contribution in [0, 0.1) is 12.3 Å². The summed E-state index contributed by atoms with van der Waals surface area (Å²) in [5.74, 6) is 2.01. The van der Waals surface area contributed by atoms with Crippen LogP contribution >= 0.6 is 0 Å². The van der Waals surface area contributed by atoms with Crippen molar-refractivity contribution in [2.75, 3.05) is 0 Å². The summed E-state index contributed by atoms with van der Waals surface area (Å²) in [7, 11) is 0. The van der Waals surface area contributed by atoms with Crippen LogP contribution in [0.15, 0.2) is 0 Å². The van der Waals surface area contributed by atoms with Gasteiger partial charge in [0.25, 0.3) is 0 Å². The summed E-state index contributed by atoms with van der Waals surface area (Å²) in [4.78, 5) is 0. The molecule has 0 spiro atoms. The number of hydrogen-bond acceptors (Lipinski definition) is 2. The maximum absolute atomic E-state index is 9.04. The molecule has 51 valence electrons. The molecule has 2 nitrogen and oxygen atoms in total. The Labute approximate surface area is 55.5 Å². The largest absolute Gasteiger partial charge is 0.389 e. The molecule has 9 heavy (non-hydrogen) atoms. The first-order chi connectivity index (χ1) is 3.98.